The molecule has 0 radical (unpaired) electrons. The van der Waals surface area contributed by atoms with Gasteiger partial charge in [0.1, 0.15) is 5.69 Å². The Morgan fingerprint density at radius 2 is 2.13 bits per heavy atom. The van der Waals surface area contributed by atoms with Crippen molar-refractivity contribution in [3.05, 3.63) is 65.3 Å². The van der Waals surface area contributed by atoms with Crippen LogP contribution < -0.4 is 0 Å². The number of likely N-dealkylation sites (tertiary alicyclic amines) is 1. The van der Waals surface area contributed by atoms with Crippen molar-refractivity contribution >= 4 is 23.2 Å². The number of imidazole rings is 1. The molecule has 2 aromatic heterocycles. The molecule has 1 amide bonds. The molecule has 1 atom stereocenters. The van der Waals surface area contributed by atoms with Gasteiger partial charge in [0.25, 0.3) is 5.91 Å². The first-order valence-electron chi connectivity index (χ1n) is 7.58. The highest BCUT2D eigenvalue weighted by Crippen LogP contribution is 2.36. The average Bonchev–Trinajstić information content (AvgIpc) is 3.22. The lowest BCUT2D eigenvalue weighted by Gasteiger charge is -2.25. The Hall–Kier alpha value is -2.40. The Morgan fingerprint density at radius 1 is 1.26 bits per heavy atom. The second-order valence-electron chi connectivity index (χ2n) is 5.63. The Labute approximate surface area is 138 Å². The molecule has 0 aliphatic carbocycles. The minimum atomic E-state index is -0.0221. The van der Waals surface area contributed by atoms with Crippen molar-refractivity contribution in [1.82, 2.24) is 19.3 Å². The van der Waals surface area contributed by atoms with E-state index in [1.165, 1.54) is 0 Å². The number of amides is 1. The van der Waals surface area contributed by atoms with Gasteiger partial charge in [0.05, 0.1) is 18.4 Å². The summed E-state index contributed by atoms with van der Waals surface area (Å²) in [6, 6.07) is 7.75. The molecule has 1 aliphatic rings. The van der Waals surface area contributed by atoms with Crippen molar-refractivity contribution < 1.29 is 4.79 Å². The van der Waals surface area contributed by atoms with E-state index in [2.05, 4.69) is 9.97 Å². The molecule has 3 aromatic rings. The van der Waals surface area contributed by atoms with Crippen molar-refractivity contribution in [3.8, 4) is 0 Å². The molecule has 0 spiro atoms. The summed E-state index contributed by atoms with van der Waals surface area (Å²) in [6.07, 6.45) is 8.57. The van der Waals surface area contributed by atoms with Crippen molar-refractivity contribution in [2.24, 2.45) is 0 Å². The van der Waals surface area contributed by atoms with Crippen LogP contribution in [0.15, 0.2) is 49.1 Å². The average molecular weight is 327 g/mol. The summed E-state index contributed by atoms with van der Waals surface area (Å²) in [7, 11) is 0. The normalized spacial score (nSPS) is 17.8. The van der Waals surface area contributed by atoms with E-state index in [-0.39, 0.29) is 11.9 Å². The van der Waals surface area contributed by atoms with Gasteiger partial charge < -0.3 is 4.90 Å². The van der Waals surface area contributed by atoms with E-state index in [9.17, 15) is 4.79 Å². The second-order valence-corrected chi connectivity index (χ2v) is 6.03. The molecule has 4 rings (SSSR count). The topological polar surface area (TPSA) is 50.5 Å². The Bertz CT molecular complexity index is 876. The van der Waals surface area contributed by atoms with Gasteiger partial charge in [-0.2, -0.15) is 0 Å². The number of carbonyl (C=O) groups is 1. The van der Waals surface area contributed by atoms with E-state index in [0.29, 0.717) is 16.4 Å². The van der Waals surface area contributed by atoms with Gasteiger partial charge in [-0.3, -0.25) is 14.2 Å². The van der Waals surface area contributed by atoms with Gasteiger partial charge >= 0.3 is 0 Å². The van der Waals surface area contributed by atoms with Crippen molar-refractivity contribution in [1.29, 1.82) is 0 Å². The van der Waals surface area contributed by atoms with Crippen LogP contribution in [0.1, 0.15) is 34.9 Å². The van der Waals surface area contributed by atoms with Gasteiger partial charge in [0.2, 0.25) is 0 Å². The van der Waals surface area contributed by atoms with E-state index in [1.807, 2.05) is 29.2 Å². The van der Waals surface area contributed by atoms with Gasteiger partial charge in [0.15, 0.2) is 5.65 Å². The number of benzene rings is 1. The molecule has 23 heavy (non-hydrogen) atoms. The van der Waals surface area contributed by atoms with E-state index < -0.39 is 0 Å². The lowest BCUT2D eigenvalue weighted by atomic mass is 10.0. The molecule has 1 fully saturated rings. The predicted molar refractivity (Wildman–Crippen MR) is 87.5 cm³/mol. The Kier molecular flexibility index (Phi) is 3.50. The number of carbonyl (C=O) groups excluding carboxylic acids is 1. The van der Waals surface area contributed by atoms with Crippen LogP contribution in [0, 0.1) is 0 Å². The standard InChI is InChI=1S/C17H15ClN4O/c18-13-5-2-1-4-12(13)14-6-3-8-22(14)17(23)15-10-20-16-11-19-7-9-21(15)16/h1-2,4-5,7,9-11,14H,3,6,8H2. The molecule has 1 unspecified atom stereocenters. The monoisotopic (exact) mass is 326 g/mol. The number of halogens is 1. The summed E-state index contributed by atoms with van der Waals surface area (Å²) in [5.74, 6) is -0.0221. The van der Waals surface area contributed by atoms with Crippen LogP contribution in [-0.4, -0.2) is 31.7 Å². The quantitative estimate of drug-likeness (QED) is 0.725. The largest absolute Gasteiger partial charge is 0.330 e. The second kappa shape index (κ2) is 5.66. The third kappa shape index (κ3) is 2.37. The smallest absolute Gasteiger partial charge is 0.273 e. The molecule has 0 saturated carbocycles. The van der Waals surface area contributed by atoms with Crippen molar-refractivity contribution in [2.45, 2.75) is 18.9 Å². The fraction of sp³-hybridized carbons (Fsp3) is 0.235. The summed E-state index contributed by atoms with van der Waals surface area (Å²) < 4.78 is 1.78. The zero-order valence-electron chi connectivity index (χ0n) is 12.4. The molecule has 1 aliphatic heterocycles. The zero-order valence-corrected chi connectivity index (χ0v) is 13.1. The predicted octanol–water partition coefficient (Wildman–Crippen LogP) is 3.36. The number of aromatic nitrogens is 3. The molecule has 5 nitrogen and oxygen atoms in total. The van der Waals surface area contributed by atoms with Gasteiger partial charge in [0, 0.05) is 24.0 Å². The van der Waals surface area contributed by atoms with Crippen LogP contribution >= 0.6 is 11.6 Å². The highest BCUT2D eigenvalue weighted by atomic mass is 35.5. The molecular weight excluding hydrogens is 312 g/mol. The minimum Gasteiger partial charge on any atom is -0.330 e. The van der Waals surface area contributed by atoms with E-state index in [0.717, 1.165) is 24.9 Å². The maximum Gasteiger partial charge on any atom is 0.273 e. The van der Waals surface area contributed by atoms with E-state index in [4.69, 9.17) is 11.6 Å². The third-order valence-electron chi connectivity index (χ3n) is 4.31. The fourth-order valence-electron chi connectivity index (χ4n) is 3.23. The van der Waals surface area contributed by atoms with Crippen LogP contribution in [0.4, 0.5) is 0 Å². The molecular formula is C17H15ClN4O. The lowest BCUT2D eigenvalue weighted by molar-refractivity contribution is 0.0728. The van der Waals surface area contributed by atoms with Crippen LogP contribution in [0.5, 0.6) is 0 Å². The zero-order chi connectivity index (χ0) is 15.8. The minimum absolute atomic E-state index is 0.0172. The SMILES string of the molecule is O=C(c1cnc2cnccn12)N1CCCC1c1ccccc1Cl. The summed E-state index contributed by atoms with van der Waals surface area (Å²) in [5, 5.41) is 0.708. The molecule has 0 bridgehead atoms. The first-order chi connectivity index (χ1) is 11.3. The summed E-state index contributed by atoms with van der Waals surface area (Å²) in [4.78, 5) is 23.2. The molecule has 1 aromatic carbocycles. The fourth-order valence-corrected chi connectivity index (χ4v) is 3.49. The molecule has 1 saturated heterocycles. The van der Waals surface area contributed by atoms with E-state index >= 15 is 0 Å². The van der Waals surface area contributed by atoms with E-state index in [1.54, 1.807) is 29.2 Å². The van der Waals surface area contributed by atoms with Gasteiger partial charge in [-0.1, -0.05) is 29.8 Å². The highest BCUT2D eigenvalue weighted by Gasteiger charge is 2.32. The first kappa shape index (κ1) is 14.2. The van der Waals surface area contributed by atoms with Crippen LogP contribution in [0.2, 0.25) is 5.02 Å². The van der Waals surface area contributed by atoms with Gasteiger partial charge in [-0.25, -0.2) is 4.98 Å². The lowest BCUT2D eigenvalue weighted by Crippen LogP contribution is -2.31. The first-order valence-corrected chi connectivity index (χ1v) is 7.96. The molecule has 3 heterocycles. The van der Waals surface area contributed by atoms with Gasteiger partial charge in [-0.15, -0.1) is 0 Å². The Morgan fingerprint density at radius 3 is 3.00 bits per heavy atom. The van der Waals surface area contributed by atoms with Crippen LogP contribution in [0.3, 0.4) is 0 Å². The van der Waals surface area contributed by atoms with Crippen molar-refractivity contribution in [2.75, 3.05) is 6.54 Å². The number of rotatable bonds is 2. The summed E-state index contributed by atoms with van der Waals surface area (Å²) >= 11 is 6.33. The third-order valence-corrected chi connectivity index (χ3v) is 4.66. The molecule has 6 heteroatoms. The molecule has 0 N–H and O–H groups in total. The number of nitrogens with zero attached hydrogens (tertiary/aromatic N) is 4. The van der Waals surface area contributed by atoms with Crippen LogP contribution in [-0.2, 0) is 0 Å². The highest BCUT2D eigenvalue weighted by molar-refractivity contribution is 6.31. The number of hydrogen-bond donors (Lipinski definition) is 0. The Balaban J connectivity index is 1.71. The summed E-state index contributed by atoms with van der Waals surface area (Å²) in [6.45, 7) is 0.729. The number of hydrogen-bond acceptors (Lipinski definition) is 3. The maximum absolute atomic E-state index is 13.0. The maximum atomic E-state index is 13.0. The summed E-state index contributed by atoms with van der Waals surface area (Å²) in [5.41, 5.74) is 2.24. The van der Waals surface area contributed by atoms with Crippen molar-refractivity contribution in [3.63, 3.8) is 0 Å². The van der Waals surface area contributed by atoms with Crippen LogP contribution in [0.25, 0.3) is 5.65 Å². The number of fused-ring (bicyclic) bond motifs is 1. The molecule has 116 valence electrons. The van der Waals surface area contributed by atoms with Gasteiger partial charge in [-0.05, 0) is 24.5 Å².